The molecule has 2 N–H and O–H groups in total. The first-order valence-electron chi connectivity index (χ1n) is 5.78. The van der Waals surface area contributed by atoms with E-state index in [1.165, 1.54) is 0 Å². The largest absolute Gasteiger partial charge is 0.328 e. The van der Waals surface area contributed by atoms with Gasteiger partial charge in [-0.1, -0.05) is 22.0 Å². The summed E-state index contributed by atoms with van der Waals surface area (Å²) in [4.78, 5) is 13.9. The topological polar surface area (TPSA) is 46.3 Å². The van der Waals surface area contributed by atoms with Crippen molar-refractivity contribution in [3.8, 4) is 0 Å². The monoisotopic (exact) mass is 296 g/mol. The zero-order chi connectivity index (χ0) is 12.6. The summed E-state index contributed by atoms with van der Waals surface area (Å²) in [5.41, 5.74) is 7.79. The number of anilines is 1. The lowest BCUT2D eigenvalue weighted by molar-refractivity contribution is -0.124. The highest BCUT2D eigenvalue weighted by Crippen LogP contribution is 2.31. The normalized spacial score (nSPS) is 23.1. The van der Waals surface area contributed by atoms with Gasteiger partial charge in [-0.15, -0.1) is 0 Å². The molecule has 1 amide bonds. The average molecular weight is 297 g/mol. The second kappa shape index (κ2) is 4.78. The Morgan fingerprint density at radius 2 is 2.12 bits per heavy atom. The predicted octanol–water partition coefficient (Wildman–Crippen LogP) is 2.46. The van der Waals surface area contributed by atoms with E-state index in [9.17, 15) is 4.79 Å². The zero-order valence-electron chi connectivity index (χ0n) is 10.1. The Labute approximate surface area is 110 Å². The fraction of sp³-hybridized carbons (Fsp3) is 0.462. The third kappa shape index (κ3) is 2.53. The van der Waals surface area contributed by atoms with Gasteiger partial charge in [-0.05, 0) is 37.5 Å². The Bertz CT molecular complexity index is 441. The van der Waals surface area contributed by atoms with Gasteiger partial charge in [0.1, 0.15) is 0 Å². The van der Waals surface area contributed by atoms with Crippen LogP contribution in [0.2, 0.25) is 0 Å². The van der Waals surface area contributed by atoms with Gasteiger partial charge in [0, 0.05) is 29.2 Å². The van der Waals surface area contributed by atoms with Gasteiger partial charge in [0.15, 0.2) is 0 Å². The zero-order valence-corrected chi connectivity index (χ0v) is 11.7. The van der Waals surface area contributed by atoms with Crippen molar-refractivity contribution < 1.29 is 4.79 Å². The Morgan fingerprint density at radius 3 is 2.71 bits per heavy atom. The second-order valence-corrected chi connectivity index (χ2v) is 5.67. The molecule has 1 aromatic rings. The summed E-state index contributed by atoms with van der Waals surface area (Å²) in [7, 11) is 1.83. The number of halogens is 1. The molecule has 0 heterocycles. The summed E-state index contributed by atoms with van der Waals surface area (Å²) in [5, 5.41) is 0. The summed E-state index contributed by atoms with van der Waals surface area (Å²) in [5.74, 6) is 0.279. The first kappa shape index (κ1) is 12.6. The van der Waals surface area contributed by atoms with Crippen molar-refractivity contribution in [2.45, 2.75) is 25.8 Å². The second-order valence-electron chi connectivity index (χ2n) is 4.76. The number of hydrogen-bond donors (Lipinski definition) is 1. The maximum Gasteiger partial charge on any atom is 0.229 e. The standard InChI is InChI=1S/C13H17BrN2O/c1-8-3-4-10(14)7-12(8)16(2)13(17)9-5-11(15)6-9/h3-4,7,9,11H,5-6,15H2,1-2H3. The van der Waals surface area contributed by atoms with Gasteiger partial charge in [0.25, 0.3) is 0 Å². The van der Waals surface area contributed by atoms with E-state index >= 15 is 0 Å². The number of hydrogen-bond acceptors (Lipinski definition) is 2. The van der Waals surface area contributed by atoms with E-state index in [-0.39, 0.29) is 17.9 Å². The molecule has 0 saturated heterocycles. The van der Waals surface area contributed by atoms with E-state index in [0.29, 0.717) is 0 Å². The highest BCUT2D eigenvalue weighted by molar-refractivity contribution is 9.10. The number of amides is 1. The number of carbonyl (C=O) groups is 1. The lowest BCUT2D eigenvalue weighted by Crippen LogP contribution is -2.45. The molecule has 2 rings (SSSR count). The summed E-state index contributed by atoms with van der Waals surface area (Å²) in [6.45, 7) is 2.01. The van der Waals surface area contributed by atoms with Crippen LogP contribution in [0.4, 0.5) is 5.69 Å². The number of benzene rings is 1. The lowest BCUT2D eigenvalue weighted by Gasteiger charge is -2.34. The molecule has 1 aromatic carbocycles. The molecule has 1 fully saturated rings. The van der Waals surface area contributed by atoms with E-state index in [1.807, 2.05) is 32.2 Å². The van der Waals surface area contributed by atoms with Crippen molar-refractivity contribution in [3.63, 3.8) is 0 Å². The van der Waals surface area contributed by atoms with Crippen LogP contribution in [-0.4, -0.2) is 19.0 Å². The molecular weight excluding hydrogens is 280 g/mol. The van der Waals surface area contributed by atoms with Gasteiger partial charge in [-0.2, -0.15) is 0 Å². The number of nitrogens with two attached hydrogens (primary N) is 1. The third-order valence-electron chi connectivity index (χ3n) is 3.39. The van der Waals surface area contributed by atoms with Crippen molar-refractivity contribution >= 4 is 27.5 Å². The lowest BCUT2D eigenvalue weighted by atomic mass is 9.80. The molecule has 0 spiro atoms. The van der Waals surface area contributed by atoms with Crippen molar-refractivity contribution in [1.29, 1.82) is 0 Å². The molecule has 0 atom stereocenters. The van der Waals surface area contributed by atoms with Crippen LogP contribution < -0.4 is 10.6 Å². The Balaban J connectivity index is 2.16. The van der Waals surface area contributed by atoms with Gasteiger partial charge in [0.2, 0.25) is 5.91 Å². The molecule has 1 aliphatic carbocycles. The molecule has 3 nitrogen and oxygen atoms in total. The molecule has 4 heteroatoms. The van der Waals surface area contributed by atoms with Crippen molar-refractivity contribution in [2.75, 3.05) is 11.9 Å². The molecule has 1 aliphatic rings. The fourth-order valence-corrected chi connectivity index (χ4v) is 2.55. The minimum absolute atomic E-state index is 0.105. The molecule has 17 heavy (non-hydrogen) atoms. The number of nitrogens with zero attached hydrogens (tertiary/aromatic N) is 1. The van der Waals surface area contributed by atoms with Crippen LogP contribution in [0.25, 0.3) is 0 Å². The van der Waals surface area contributed by atoms with Crippen LogP contribution in [0.15, 0.2) is 22.7 Å². The van der Waals surface area contributed by atoms with Crippen LogP contribution in [-0.2, 0) is 4.79 Å². The van der Waals surface area contributed by atoms with Crippen molar-refractivity contribution in [2.24, 2.45) is 11.7 Å². The first-order valence-corrected chi connectivity index (χ1v) is 6.57. The van der Waals surface area contributed by atoms with Crippen LogP contribution in [0.3, 0.4) is 0 Å². The summed E-state index contributed by atoms with van der Waals surface area (Å²) < 4.78 is 0.989. The Hall–Kier alpha value is -0.870. The van der Waals surface area contributed by atoms with Crippen LogP contribution in [0, 0.1) is 12.8 Å². The van der Waals surface area contributed by atoms with E-state index in [2.05, 4.69) is 15.9 Å². The average Bonchev–Trinajstić information content (AvgIpc) is 2.26. The molecule has 92 valence electrons. The van der Waals surface area contributed by atoms with E-state index in [0.717, 1.165) is 28.6 Å². The quantitative estimate of drug-likeness (QED) is 0.911. The smallest absolute Gasteiger partial charge is 0.229 e. The summed E-state index contributed by atoms with van der Waals surface area (Å²) >= 11 is 3.43. The highest BCUT2D eigenvalue weighted by Gasteiger charge is 2.34. The SMILES string of the molecule is Cc1ccc(Br)cc1N(C)C(=O)C1CC(N)C1. The molecule has 0 aliphatic heterocycles. The van der Waals surface area contributed by atoms with E-state index in [4.69, 9.17) is 5.73 Å². The third-order valence-corrected chi connectivity index (χ3v) is 3.88. The van der Waals surface area contributed by atoms with Gasteiger partial charge in [-0.3, -0.25) is 4.79 Å². The molecule has 0 bridgehead atoms. The Morgan fingerprint density at radius 1 is 1.47 bits per heavy atom. The highest BCUT2D eigenvalue weighted by atomic mass is 79.9. The van der Waals surface area contributed by atoms with Gasteiger partial charge in [-0.25, -0.2) is 0 Å². The molecule has 0 radical (unpaired) electrons. The minimum Gasteiger partial charge on any atom is -0.328 e. The number of aryl methyl sites for hydroxylation is 1. The minimum atomic E-state index is 0.105. The maximum atomic E-state index is 12.2. The molecule has 0 unspecified atom stereocenters. The molecule has 1 saturated carbocycles. The van der Waals surface area contributed by atoms with Crippen LogP contribution in [0.5, 0.6) is 0 Å². The fourth-order valence-electron chi connectivity index (χ4n) is 2.20. The van der Waals surface area contributed by atoms with Gasteiger partial charge >= 0.3 is 0 Å². The van der Waals surface area contributed by atoms with Crippen LogP contribution >= 0.6 is 15.9 Å². The van der Waals surface area contributed by atoms with E-state index < -0.39 is 0 Å². The first-order chi connectivity index (χ1) is 7.99. The number of rotatable bonds is 2. The van der Waals surface area contributed by atoms with Crippen molar-refractivity contribution in [3.05, 3.63) is 28.2 Å². The Kier molecular flexibility index (Phi) is 3.54. The maximum absolute atomic E-state index is 12.2. The van der Waals surface area contributed by atoms with Gasteiger partial charge < -0.3 is 10.6 Å². The number of carbonyl (C=O) groups excluding carboxylic acids is 1. The predicted molar refractivity (Wildman–Crippen MR) is 73.0 cm³/mol. The summed E-state index contributed by atoms with van der Waals surface area (Å²) in [6.07, 6.45) is 1.63. The van der Waals surface area contributed by atoms with E-state index in [1.54, 1.807) is 4.90 Å². The van der Waals surface area contributed by atoms with Crippen LogP contribution in [0.1, 0.15) is 18.4 Å². The summed E-state index contributed by atoms with van der Waals surface area (Å²) in [6, 6.07) is 6.18. The van der Waals surface area contributed by atoms with Gasteiger partial charge in [0.05, 0.1) is 0 Å². The van der Waals surface area contributed by atoms with Crippen molar-refractivity contribution in [1.82, 2.24) is 0 Å². The molecular formula is C13H17BrN2O. The molecule has 0 aromatic heterocycles.